The number of rotatable bonds is 7. The molecule has 1 heterocycles. The molecule has 0 atom stereocenters. The van der Waals surface area contributed by atoms with E-state index < -0.39 is 10.0 Å². The van der Waals surface area contributed by atoms with Crippen LogP contribution in [0.2, 0.25) is 0 Å². The molecule has 1 N–H and O–H groups in total. The van der Waals surface area contributed by atoms with Gasteiger partial charge in [0.15, 0.2) is 0 Å². The number of nitrogens with zero attached hydrogens (tertiary/aromatic N) is 2. The van der Waals surface area contributed by atoms with Crippen molar-refractivity contribution < 1.29 is 12.9 Å². The molecule has 130 valence electrons. The van der Waals surface area contributed by atoms with Crippen LogP contribution < -0.4 is 4.72 Å². The molecule has 0 radical (unpaired) electrons. The van der Waals surface area contributed by atoms with E-state index in [1.54, 1.807) is 0 Å². The molecule has 0 unspecified atom stereocenters. The fraction of sp³-hybridized carbons (Fsp3) is 0.222. The van der Waals surface area contributed by atoms with Crippen molar-refractivity contribution in [2.75, 3.05) is 5.75 Å². The van der Waals surface area contributed by atoms with Crippen LogP contribution in [-0.2, 0) is 23.0 Å². The first kappa shape index (κ1) is 17.3. The highest BCUT2D eigenvalue weighted by atomic mass is 32.2. The van der Waals surface area contributed by atoms with E-state index in [1.165, 1.54) is 0 Å². The number of sulfonamides is 1. The third-order valence-corrected chi connectivity index (χ3v) is 5.13. The minimum absolute atomic E-state index is 0.00972. The zero-order valence-corrected chi connectivity index (χ0v) is 14.7. The van der Waals surface area contributed by atoms with Crippen molar-refractivity contribution in [3.63, 3.8) is 0 Å². The molecule has 0 amide bonds. The molecule has 7 heteroatoms. The lowest BCUT2D eigenvalue weighted by atomic mass is 10.1. The molecule has 0 spiro atoms. The molecule has 3 rings (SSSR count). The van der Waals surface area contributed by atoms with Crippen LogP contribution in [0.1, 0.15) is 17.0 Å². The molecular formula is C18H19N3O3S. The summed E-state index contributed by atoms with van der Waals surface area (Å²) in [6.07, 6.45) is 0.453. The van der Waals surface area contributed by atoms with E-state index in [0.717, 1.165) is 16.7 Å². The lowest BCUT2D eigenvalue weighted by Crippen LogP contribution is -2.27. The van der Waals surface area contributed by atoms with Gasteiger partial charge in [-0.1, -0.05) is 59.8 Å². The molecule has 0 saturated heterocycles. The Morgan fingerprint density at radius 1 is 1.04 bits per heavy atom. The summed E-state index contributed by atoms with van der Waals surface area (Å²) in [6, 6.07) is 17.2. The van der Waals surface area contributed by atoms with Crippen molar-refractivity contribution in [2.45, 2.75) is 19.9 Å². The van der Waals surface area contributed by atoms with Gasteiger partial charge >= 0.3 is 0 Å². The average Bonchev–Trinajstić information content (AvgIpc) is 3.09. The van der Waals surface area contributed by atoms with Crippen molar-refractivity contribution in [2.24, 2.45) is 0 Å². The van der Waals surface area contributed by atoms with E-state index in [2.05, 4.69) is 14.9 Å². The van der Waals surface area contributed by atoms with Gasteiger partial charge in [0.25, 0.3) is 0 Å². The normalized spacial score (nSPS) is 11.6. The van der Waals surface area contributed by atoms with Gasteiger partial charge in [-0.05, 0) is 24.5 Å². The molecule has 2 aromatic carbocycles. The van der Waals surface area contributed by atoms with Crippen molar-refractivity contribution in [1.29, 1.82) is 0 Å². The number of hydrogen-bond donors (Lipinski definition) is 1. The largest absolute Gasteiger partial charge is 0.338 e. The molecule has 0 aliphatic rings. The Morgan fingerprint density at radius 2 is 1.76 bits per heavy atom. The quantitative estimate of drug-likeness (QED) is 0.703. The SMILES string of the molecule is Cc1ccccc1-c1noc(CNS(=O)(=O)CCc2ccccc2)n1. The fourth-order valence-electron chi connectivity index (χ4n) is 2.40. The van der Waals surface area contributed by atoms with Crippen molar-refractivity contribution in [3.05, 3.63) is 71.6 Å². The molecule has 0 aliphatic carbocycles. The maximum Gasteiger partial charge on any atom is 0.242 e. The number of aromatic nitrogens is 2. The first-order valence-corrected chi connectivity index (χ1v) is 9.58. The molecule has 1 aromatic heterocycles. The van der Waals surface area contributed by atoms with Gasteiger partial charge in [0, 0.05) is 5.56 Å². The Balaban J connectivity index is 1.59. The third-order valence-electron chi connectivity index (χ3n) is 3.80. The standard InChI is InChI=1S/C18H19N3O3S/c1-14-7-5-6-10-16(14)18-20-17(24-21-18)13-19-25(22,23)12-11-15-8-3-2-4-9-15/h2-10,19H,11-13H2,1H3. The van der Waals surface area contributed by atoms with Gasteiger partial charge in [-0.25, -0.2) is 13.1 Å². The maximum atomic E-state index is 12.1. The van der Waals surface area contributed by atoms with E-state index in [-0.39, 0.29) is 18.2 Å². The first-order valence-electron chi connectivity index (χ1n) is 7.93. The second-order valence-corrected chi connectivity index (χ2v) is 7.63. The van der Waals surface area contributed by atoms with Crippen LogP contribution in [0.15, 0.2) is 59.1 Å². The lowest BCUT2D eigenvalue weighted by Gasteiger charge is -2.04. The zero-order valence-electron chi connectivity index (χ0n) is 13.8. The molecule has 0 fully saturated rings. The number of hydrogen-bond acceptors (Lipinski definition) is 5. The van der Waals surface area contributed by atoms with Crippen LogP contribution in [0.3, 0.4) is 0 Å². The predicted octanol–water partition coefficient (Wildman–Crippen LogP) is 2.71. The topological polar surface area (TPSA) is 85.1 Å². The van der Waals surface area contributed by atoms with Crippen LogP contribution >= 0.6 is 0 Å². The van der Waals surface area contributed by atoms with E-state index >= 15 is 0 Å². The molecule has 25 heavy (non-hydrogen) atoms. The maximum absolute atomic E-state index is 12.1. The van der Waals surface area contributed by atoms with Crippen LogP contribution in [-0.4, -0.2) is 24.3 Å². The second-order valence-electron chi connectivity index (χ2n) is 5.70. The number of benzene rings is 2. The summed E-state index contributed by atoms with van der Waals surface area (Å²) < 4.78 is 31.9. The third kappa shape index (κ3) is 4.74. The summed E-state index contributed by atoms with van der Waals surface area (Å²) in [5.41, 5.74) is 2.87. The van der Waals surface area contributed by atoms with Gasteiger partial charge in [-0.2, -0.15) is 4.98 Å². The molecule has 0 bridgehead atoms. The predicted molar refractivity (Wildman–Crippen MR) is 95.2 cm³/mol. The van der Waals surface area contributed by atoms with Crippen molar-refractivity contribution in [1.82, 2.24) is 14.9 Å². The highest BCUT2D eigenvalue weighted by molar-refractivity contribution is 7.89. The van der Waals surface area contributed by atoms with Gasteiger partial charge in [-0.3, -0.25) is 0 Å². The Kier molecular flexibility index (Phi) is 5.25. The van der Waals surface area contributed by atoms with E-state index in [9.17, 15) is 8.42 Å². The summed E-state index contributed by atoms with van der Waals surface area (Å²) in [4.78, 5) is 4.26. The van der Waals surface area contributed by atoms with Gasteiger partial charge in [0.2, 0.25) is 21.7 Å². The Hall–Kier alpha value is -2.51. The Labute approximate surface area is 147 Å². The van der Waals surface area contributed by atoms with Gasteiger partial charge in [0.1, 0.15) is 0 Å². The molecule has 0 saturated carbocycles. The molecule has 6 nitrogen and oxygen atoms in total. The van der Waals surface area contributed by atoms with Crippen LogP contribution in [0.25, 0.3) is 11.4 Å². The summed E-state index contributed by atoms with van der Waals surface area (Å²) in [5.74, 6) is 0.702. The Morgan fingerprint density at radius 3 is 2.52 bits per heavy atom. The zero-order chi connectivity index (χ0) is 17.7. The average molecular weight is 357 g/mol. The van der Waals surface area contributed by atoms with Gasteiger partial charge in [0.05, 0.1) is 12.3 Å². The molecule has 0 aliphatic heterocycles. The first-order chi connectivity index (χ1) is 12.0. The van der Waals surface area contributed by atoms with E-state index in [0.29, 0.717) is 12.2 Å². The monoisotopic (exact) mass is 357 g/mol. The summed E-state index contributed by atoms with van der Waals surface area (Å²) in [6.45, 7) is 1.94. The van der Waals surface area contributed by atoms with E-state index in [4.69, 9.17) is 4.52 Å². The van der Waals surface area contributed by atoms with Gasteiger partial charge in [-0.15, -0.1) is 0 Å². The van der Waals surface area contributed by atoms with Crippen molar-refractivity contribution >= 4 is 10.0 Å². The summed E-state index contributed by atoms with van der Waals surface area (Å²) in [7, 11) is -3.42. The Bertz CT molecular complexity index is 937. The van der Waals surface area contributed by atoms with E-state index in [1.807, 2.05) is 61.5 Å². The molecular weight excluding hydrogens is 338 g/mol. The fourth-order valence-corrected chi connectivity index (χ4v) is 3.39. The minimum atomic E-state index is -3.42. The highest BCUT2D eigenvalue weighted by Gasteiger charge is 2.14. The van der Waals surface area contributed by atoms with Gasteiger partial charge < -0.3 is 4.52 Å². The van der Waals surface area contributed by atoms with Crippen LogP contribution in [0, 0.1) is 6.92 Å². The minimum Gasteiger partial charge on any atom is -0.338 e. The number of nitrogens with one attached hydrogen (secondary N) is 1. The van der Waals surface area contributed by atoms with Crippen molar-refractivity contribution in [3.8, 4) is 11.4 Å². The smallest absolute Gasteiger partial charge is 0.242 e. The summed E-state index contributed by atoms with van der Waals surface area (Å²) in [5, 5.41) is 3.92. The van der Waals surface area contributed by atoms with Crippen LogP contribution in [0.5, 0.6) is 0 Å². The number of aryl methyl sites for hydroxylation is 2. The molecule has 3 aromatic rings. The second kappa shape index (κ2) is 7.58. The highest BCUT2D eigenvalue weighted by Crippen LogP contribution is 2.19. The van der Waals surface area contributed by atoms with Crippen LogP contribution in [0.4, 0.5) is 0 Å². The lowest BCUT2D eigenvalue weighted by molar-refractivity contribution is 0.376. The summed E-state index contributed by atoms with van der Waals surface area (Å²) >= 11 is 0.